The lowest BCUT2D eigenvalue weighted by molar-refractivity contribution is 0.387. The molecule has 1 aromatic carbocycles. The van der Waals surface area contributed by atoms with Gasteiger partial charge in [0.25, 0.3) is 0 Å². The quantitative estimate of drug-likeness (QED) is 0.488. The first-order chi connectivity index (χ1) is 6.50. The third-order valence-electron chi connectivity index (χ3n) is 2.42. The molecule has 0 aliphatic carbocycles. The van der Waals surface area contributed by atoms with E-state index < -0.39 is 0 Å². The van der Waals surface area contributed by atoms with Crippen molar-refractivity contribution in [2.24, 2.45) is 5.73 Å². The zero-order valence-corrected chi connectivity index (χ0v) is 10.5. The molecule has 0 aliphatic heterocycles. The Bertz CT molecular complexity index is 337. The van der Waals surface area contributed by atoms with Gasteiger partial charge in [-0.3, -0.25) is 0 Å². The molecule has 0 aromatic heterocycles. The summed E-state index contributed by atoms with van der Waals surface area (Å²) in [7, 11) is 0. The number of phenolic OH excluding ortho intramolecular Hbond substituents is 3. The van der Waals surface area contributed by atoms with E-state index in [1.807, 2.05) is 0 Å². The summed E-state index contributed by atoms with van der Waals surface area (Å²) in [4.78, 5) is 0. The Labute approximate surface area is 99.1 Å². The second-order valence-electron chi connectivity index (χ2n) is 3.31. The molecule has 15 heavy (non-hydrogen) atoms. The molecule has 86 valence electrons. The summed E-state index contributed by atoms with van der Waals surface area (Å²) in [5.74, 6) is -0.423. The molecule has 5 heteroatoms. The predicted octanol–water partition coefficient (Wildman–Crippen LogP) is 1.50. The number of aromatic hydroxyl groups is 3. The van der Waals surface area contributed by atoms with Crippen LogP contribution < -0.4 is 5.73 Å². The number of hydrogen-bond acceptors (Lipinski definition) is 4. The zero-order valence-electron chi connectivity index (χ0n) is 8.74. The third kappa shape index (κ3) is 2.35. The minimum absolute atomic E-state index is 0. The molecule has 0 aliphatic rings. The molecule has 0 fully saturated rings. The molecule has 1 rings (SSSR count). The van der Waals surface area contributed by atoms with Crippen LogP contribution in [-0.4, -0.2) is 21.9 Å². The van der Waals surface area contributed by atoms with E-state index in [1.165, 1.54) is 0 Å². The van der Waals surface area contributed by atoms with Crippen LogP contribution >= 0.6 is 17.0 Å². The van der Waals surface area contributed by atoms with Crippen molar-refractivity contribution in [2.45, 2.75) is 20.3 Å². The summed E-state index contributed by atoms with van der Waals surface area (Å²) < 4.78 is 0. The summed E-state index contributed by atoms with van der Waals surface area (Å²) in [6.07, 6.45) is 0.479. The van der Waals surface area contributed by atoms with Crippen LogP contribution in [0.3, 0.4) is 0 Å². The molecule has 0 spiro atoms. The maximum Gasteiger partial charge on any atom is 0.164 e. The Morgan fingerprint density at radius 2 is 1.40 bits per heavy atom. The smallest absolute Gasteiger partial charge is 0.164 e. The minimum Gasteiger partial charge on any atom is -0.507 e. The average Bonchev–Trinajstić information content (AvgIpc) is 2.19. The molecule has 0 bridgehead atoms. The van der Waals surface area contributed by atoms with E-state index in [0.29, 0.717) is 24.1 Å². The highest BCUT2D eigenvalue weighted by Crippen LogP contribution is 2.41. The Hall–Kier alpha value is -0.940. The molecule has 0 atom stereocenters. The highest BCUT2D eigenvalue weighted by molar-refractivity contribution is 8.93. The predicted molar refractivity (Wildman–Crippen MR) is 64.0 cm³/mol. The standard InChI is InChI=1S/C10H15NO3.BrH/c1-5-7(3-4-11)8(12)6(2)10(14)9(5)13;/h12-14H,3-4,11H2,1-2H3;1H. The fraction of sp³-hybridized carbons (Fsp3) is 0.400. The van der Waals surface area contributed by atoms with E-state index in [-0.39, 0.29) is 39.8 Å². The summed E-state index contributed by atoms with van der Waals surface area (Å²) >= 11 is 0. The molecule has 5 N–H and O–H groups in total. The van der Waals surface area contributed by atoms with Crippen LogP contribution in [0, 0.1) is 13.8 Å². The van der Waals surface area contributed by atoms with Gasteiger partial charge in [0.05, 0.1) is 0 Å². The van der Waals surface area contributed by atoms with Crippen LogP contribution in [0.2, 0.25) is 0 Å². The summed E-state index contributed by atoms with van der Waals surface area (Å²) in [6, 6.07) is 0. The van der Waals surface area contributed by atoms with Crippen molar-refractivity contribution in [2.75, 3.05) is 6.54 Å². The normalized spacial score (nSPS) is 9.80. The van der Waals surface area contributed by atoms with E-state index in [9.17, 15) is 15.3 Å². The van der Waals surface area contributed by atoms with Gasteiger partial charge < -0.3 is 21.1 Å². The summed E-state index contributed by atoms with van der Waals surface area (Å²) in [5, 5.41) is 28.6. The van der Waals surface area contributed by atoms with Gasteiger partial charge in [-0.1, -0.05) is 0 Å². The first-order valence-corrected chi connectivity index (χ1v) is 4.43. The Morgan fingerprint density at radius 3 is 1.87 bits per heavy atom. The zero-order chi connectivity index (χ0) is 10.9. The SMILES string of the molecule is Br.Cc1c(O)c(O)c(C)c(CCN)c1O. The van der Waals surface area contributed by atoms with Crippen molar-refractivity contribution in [1.29, 1.82) is 0 Å². The highest BCUT2D eigenvalue weighted by Gasteiger charge is 2.17. The summed E-state index contributed by atoms with van der Waals surface area (Å²) in [6.45, 7) is 3.57. The molecule has 0 heterocycles. The number of rotatable bonds is 2. The Morgan fingerprint density at radius 1 is 0.933 bits per heavy atom. The van der Waals surface area contributed by atoms with E-state index in [4.69, 9.17) is 5.73 Å². The molecule has 1 aromatic rings. The van der Waals surface area contributed by atoms with E-state index in [1.54, 1.807) is 13.8 Å². The van der Waals surface area contributed by atoms with E-state index >= 15 is 0 Å². The number of nitrogens with two attached hydrogens (primary N) is 1. The summed E-state index contributed by atoms with van der Waals surface area (Å²) in [5.41, 5.74) is 6.75. The molecule has 0 saturated heterocycles. The van der Waals surface area contributed by atoms with Crippen molar-refractivity contribution < 1.29 is 15.3 Å². The van der Waals surface area contributed by atoms with Crippen molar-refractivity contribution in [3.05, 3.63) is 16.7 Å². The molecule has 0 amide bonds. The Balaban J connectivity index is 0.00000196. The van der Waals surface area contributed by atoms with Crippen molar-refractivity contribution in [1.82, 2.24) is 0 Å². The van der Waals surface area contributed by atoms with Gasteiger partial charge in [0.15, 0.2) is 11.5 Å². The van der Waals surface area contributed by atoms with Crippen LogP contribution in [-0.2, 0) is 6.42 Å². The molecular weight excluding hydrogens is 262 g/mol. The minimum atomic E-state index is -0.263. The average molecular weight is 278 g/mol. The van der Waals surface area contributed by atoms with Gasteiger partial charge in [-0.15, -0.1) is 17.0 Å². The van der Waals surface area contributed by atoms with Crippen molar-refractivity contribution >= 4 is 17.0 Å². The highest BCUT2D eigenvalue weighted by atomic mass is 79.9. The molecular formula is C10H16BrNO3. The maximum absolute atomic E-state index is 9.69. The number of benzene rings is 1. The maximum atomic E-state index is 9.69. The fourth-order valence-corrected chi connectivity index (χ4v) is 1.46. The van der Waals surface area contributed by atoms with Crippen molar-refractivity contribution in [3.63, 3.8) is 0 Å². The van der Waals surface area contributed by atoms with Gasteiger partial charge in [-0.05, 0) is 26.8 Å². The number of hydrogen-bond donors (Lipinski definition) is 4. The van der Waals surface area contributed by atoms with Crippen molar-refractivity contribution in [3.8, 4) is 17.2 Å². The lowest BCUT2D eigenvalue weighted by atomic mass is 9.99. The third-order valence-corrected chi connectivity index (χ3v) is 2.42. The van der Waals surface area contributed by atoms with Gasteiger partial charge in [0, 0.05) is 16.7 Å². The van der Waals surface area contributed by atoms with Gasteiger partial charge in [-0.25, -0.2) is 0 Å². The van der Waals surface area contributed by atoms with Gasteiger partial charge in [0.1, 0.15) is 5.75 Å². The van der Waals surface area contributed by atoms with Crippen LogP contribution in [0.4, 0.5) is 0 Å². The molecule has 0 saturated carbocycles. The monoisotopic (exact) mass is 277 g/mol. The lowest BCUT2D eigenvalue weighted by Crippen LogP contribution is -2.05. The molecule has 4 nitrogen and oxygen atoms in total. The first-order valence-electron chi connectivity index (χ1n) is 4.43. The van der Waals surface area contributed by atoms with E-state index in [0.717, 1.165) is 0 Å². The molecule has 0 unspecified atom stereocenters. The number of halogens is 1. The first kappa shape index (κ1) is 14.1. The van der Waals surface area contributed by atoms with Gasteiger partial charge in [0.2, 0.25) is 0 Å². The number of phenols is 3. The van der Waals surface area contributed by atoms with Gasteiger partial charge in [-0.2, -0.15) is 0 Å². The van der Waals surface area contributed by atoms with Crippen LogP contribution in [0.5, 0.6) is 17.2 Å². The largest absolute Gasteiger partial charge is 0.507 e. The second kappa shape index (κ2) is 5.23. The van der Waals surface area contributed by atoms with Crippen LogP contribution in [0.1, 0.15) is 16.7 Å². The second-order valence-corrected chi connectivity index (χ2v) is 3.31. The van der Waals surface area contributed by atoms with Gasteiger partial charge >= 0.3 is 0 Å². The van der Waals surface area contributed by atoms with Crippen LogP contribution in [0.25, 0.3) is 0 Å². The van der Waals surface area contributed by atoms with E-state index in [2.05, 4.69) is 0 Å². The van der Waals surface area contributed by atoms with Crippen LogP contribution in [0.15, 0.2) is 0 Å². The molecule has 0 radical (unpaired) electrons. The lowest BCUT2D eigenvalue weighted by Gasteiger charge is -2.13. The fourth-order valence-electron chi connectivity index (χ4n) is 1.46. The Kier molecular flexibility index (Phi) is 4.90. The topological polar surface area (TPSA) is 86.7 Å².